The molecule has 0 saturated carbocycles. The molecule has 0 bridgehead atoms. The lowest BCUT2D eigenvalue weighted by Gasteiger charge is -2.21. The predicted octanol–water partition coefficient (Wildman–Crippen LogP) is -0.676. The second-order valence-corrected chi connectivity index (χ2v) is 3.84. The molecule has 82 valence electrons. The lowest BCUT2D eigenvalue weighted by molar-refractivity contribution is -0.119. The lowest BCUT2D eigenvalue weighted by Crippen LogP contribution is -2.50. The van der Waals surface area contributed by atoms with Crippen molar-refractivity contribution in [3.8, 4) is 0 Å². The van der Waals surface area contributed by atoms with E-state index in [0.717, 1.165) is 0 Å². The van der Waals surface area contributed by atoms with Gasteiger partial charge in [-0.05, 0) is 20.8 Å². The van der Waals surface area contributed by atoms with Gasteiger partial charge in [-0.2, -0.15) is 0 Å². The molecule has 14 heavy (non-hydrogen) atoms. The molecular weight excluding hydrogens is 186 g/mol. The molecule has 0 radical (unpaired) electrons. The standard InChI is InChI=1S/C8H17N3O3/c1-8(2,3)14-7(13)11-5(4-9)6(10)12/h5H,4,9H2,1-3H3,(H2,10,12)(H,11,13)/t5-/m0/s1. The van der Waals surface area contributed by atoms with Gasteiger partial charge in [-0.25, -0.2) is 4.79 Å². The molecule has 0 fully saturated rings. The first-order chi connectivity index (χ1) is 6.26. The van der Waals surface area contributed by atoms with Crippen LogP contribution in [0, 0.1) is 0 Å². The van der Waals surface area contributed by atoms with E-state index >= 15 is 0 Å². The fourth-order valence-electron chi connectivity index (χ4n) is 0.696. The average molecular weight is 203 g/mol. The highest BCUT2D eigenvalue weighted by atomic mass is 16.6. The number of nitrogens with one attached hydrogen (secondary N) is 1. The van der Waals surface area contributed by atoms with E-state index in [4.69, 9.17) is 16.2 Å². The van der Waals surface area contributed by atoms with Crippen LogP contribution < -0.4 is 16.8 Å². The molecule has 5 N–H and O–H groups in total. The fraction of sp³-hybridized carbons (Fsp3) is 0.750. The Kier molecular flexibility index (Phi) is 4.36. The van der Waals surface area contributed by atoms with Crippen molar-refractivity contribution in [1.82, 2.24) is 5.32 Å². The van der Waals surface area contributed by atoms with Crippen molar-refractivity contribution in [3.05, 3.63) is 0 Å². The molecule has 0 aromatic rings. The zero-order valence-electron chi connectivity index (χ0n) is 8.66. The second-order valence-electron chi connectivity index (χ2n) is 3.84. The van der Waals surface area contributed by atoms with Crippen LogP contribution in [0.3, 0.4) is 0 Å². The second kappa shape index (κ2) is 4.80. The molecular formula is C8H17N3O3. The highest BCUT2D eigenvalue weighted by Crippen LogP contribution is 2.06. The van der Waals surface area contributed by atoms with E-state index in [1.165, 1.54) is 0 Å². The number of nitrogens with two attached hydrogens (primary N) is 2. The first-order valence-corrected chi connectivity index (χ1v) is 4.25. The van der Waals surface area contributed by atoms with Crippen molar-refractivity contribution >= 4 is 12.0 Å². The number of carbonyl (C=O) groups excluding carboxylic acids is 2. The molecule has 0 rings (SSSR count). The summed E-state index contributed by atoms with van der Waals surface area (Å²) in [6, 6.07) is -0.884. The normalized spacial score (nSPS) is 13.1. The van der Waals surface area contributed by atoms with E-state index < -0.39 is 23.6 Å². The Morgan fingerprint density at radius 3 is 2.21 bits per heavy atom. The number of hydrogen-bond donors (Lipinski definition) is 3. The number of rotatable bonds is 3. The first-order valence-electron chi connectivity index (χ1n) is 4.25. The maximum atomic E-state index is 11.1. The van der Waals surface area contributed by atoms with Gasteiger partial charge in [0.05, 0.1) is 0 Å². The molecule has 0 heterocycles. The average Bonchev–Trinajstić information content (AvgIpc) is 1.96. The Hall–Kier alpha value is -1.30. The zero-order valence-corrected chi connectivity index (χ0v) is 8.66. The Bertz CT molecular complexity index is 222. The summed E-state index contributed by atoms with van der Waals surface area (Å²) in [4.78, 5) is 21.8. The monoisotopic (exact) mass is 203 g/mol. The van der Waals surface area contributed by atoms with Crippen LogP contribution in [0.4, 0.5) is 4.79 Å². The smallest absolute Gasteiger partial charge is 0.408 e. The maximum Gasteiger partial charge on any atom is 0.408 e. The molecule has 6 heteroatoms. The molecule has 6 nitrogen and oxygen atoms in total. The van der Waals surface area contributed by atoms with Gasteiger partial charge in [-0.3, -0.25) is 4.79 Å². The third-order valence-corrected chi connectivity index (χ3v) is 1.27. The summed E-state index contributed by atoms with van der Waals surface area (Å²) in [5, 5.41) is 2.26. The van der Waals surface area contributed by atoms with Crippen molar-refractivity contribution < 1.29 is 14.3 Å². The third kappa shape index (κ3) is 5.36. The van der Waals surface area contributed by atoms with Crippen molar-refractivity contribution in [2.75, 3.05) is 6.54 Å². The largest absolute Gasteiger partial charge is 0.444 e. The molecule has 0 spiro atoms. The molecule has 2 amide bonds. The minimum atomic E-state index is -0.884. The third-order valence-electron chi connectivity index (χ3n) is 1.27. The van der Waals surface area contributed by atoms with Gasteiger partial charge in [0.1, 0.15) is 11.6 Å². The van der Waals surface area contributed by atoms with Crippen molar-refractivity contribution in [2.24, 2.45) is 11.5 Å². The van der Waals surface area contributed by atoms with E-state index in [2.05, 4.69) is 5.32 Å². The number of primary amides is 1. The first kappa shape index (κ1) is 12.7. The van der Waals surface area contributed by atoms with Gasteiger partial charge in [0.25, 0.3) is 0 Å². The molecule has 0 aliphatic heterocycles. The SMILES string of the molecule is CC(C)(C)OC(=O)N[C@@H](CN)C(N)=O. The Morgan fingerprint density at radius 2 is 1.93 bits per heavy atom. The fourth-order valence-corrected chi connectivity index (χ4v) is 0.696. The number of amides is 2. The quantitative estimate of drug-likeness (QED) is 0.565. The predicted molar refractivity (Wildman–Crippen MR) is 51.4 cm³/mol. The van der Waals surface area contributed by atoms with Crippen LogP contribution in [-0.4, -0.2) is 30.2 Å². The molecule has 1 atom stereocenters. The van der Waals surface area contributed by atoms with Gasteiger partial charge in [-0.1, -0.05) is 0 Å². The van der Waals surface area contributed by atoms with E-state index in [9.17, 15) is 9.59 Å². The lowest BCUT2D eigenvalue weighted by atomic mass is 10.2. The van der Waals surface area contributed by atoms with Crippen LogP contribution in [0.15, 0.2) is 0 Å². The van der Waals surface area contributed by atoms with Crippen molar-refractivity contribution in [1.29, 1.82) is 0 Å². The number of carbonyl (C=O) groups is 2. The van der Waals surface area contributed by atoms with Gasteiger partial charge in [0, 0.05) is 6.54 Å². The van der Waals surface area contributed by atoms with Gasteiger partial charge in [0.15, 0.2) is 0 Å². The van der Waals surface area contributed by atoms with Gasteiger partial charge in [0.2, 0.25) is 5.91 Å². The zero-order chi connectivity index (χ0) is 11.4. The van der Waals surface area contributed by atoms with E-state index in [0.29, 0.717) is 0 Å². The number of alkyl carbamates (subject to hydrolysis) is 1. The summed E-state index contributed by atoms with van der Waals surface area (Å²) >= 11 is 0. The highest BCUT2D eigenvalue weighted by Gasteiger charge is 2.21. The summed E-state index contributed by atoms with van der Waals surface area (Å²) in [7, 11) is 0. The van der Waals surface area contributed by atoms with E-state index in [1.807, 2.05) is 0 Å². The minimum absolute atomic E-state index is 0.0470. The molecule has 0 aliphatic rings. The summed E-state index contributed by atoms with van der Waals surface area (Å²) in [5.41, 5.74) is 9.57. The van der Waals surface area contributed by atoms with Crippen molar-refractivity contribution in [3.63, 3.8) is 0 Å². The number of hydrogen-bond acceptors (Lipinski definition) is 4. The van der Waals surface area contributed by atoms with Gasteiger partial charge in [-0.15, -0.1) is 0 Å². The van der Waals surface area contributed by atoms with E-state index in [-0.39, 0.29) is 6.54 Å². The van der Waals surface area contributed by atoms with Crippen LogP contribution >= 0.6 is 0 Å². The highest BCUT2D eigenvalue weighted by molar-refractivity contribution is 5.84. The molecule has 0 saturated heterocycles. The maximum absolute atomic E-state index is 11.1. The summed E-state index contributed by atoms with van der Waals surface area (Å²) in [6.45, 7) is 5.10. The Balaban J connectivity index is 4.11. The summed E-state index contributed by atoms with van der Waals surface area (Å²) in [5.74, 6) is -0.682. The van der Waals surface area contributed by atoms with Crippen molar-refractivity contribution in [2.45, 2.75) is 32.4 Å². The molecule has 0 aliphatic carbocycles. The van der Waals surface area contributed by atoms with E-state index in [1.54, 1.807) is 20.8 Å². The molecule has 0 aromatic heterocycles. The Labute approximate surface area is 83.0 Å². The van der Waals surface area contributed by atoms with Crippen LogP contribution in [-0.2, 0) is 9.53 Å². The topological polar surface area (TPSA) is 107 Å². The summed E-state index contributed by atoms with van der Waals surface area (Å²) < 4.78 is 4.91. The van der Waals surface area contributed by atoms with Gasteiger partial charge < -0.3 is 21.5 Å². The van der Waals surface area contributed by atoms with Gasteiger partial charge >= 0.3 is 6.09 Å². The molecule has 0 aromatic carbocycles. The van der Waals surface area contributed by atoms with Crippen LogP contribution in [0.25, 0.3) is 0 Å². The summed E-state index contributed by atoms with van der Waals surface area (Å²) in [6.07, 6.45) is -0.702. The molecule has 0 unspecified atom stereocenters. The van der Waals surface area contributed by atoms with Crippen LogP contribution in [0.1, 0.15) is 20.8 Å². The Morgan fingerprint density at radius 1 is 1.43 bits per heavy atom. The minimum Gasteiger partial charge on any atom is -0.444 e. The number of ether oxygens (including phenoxy) is 1. The van der Waals surface area contributed by atoms with Crippen LogP contribution in [0.5, 0.6) is 0 Å². The van der Waals surface area contributed by atoms with Crippen LogP contribution in [0.2, 0.25) is 0 Å².